The van der Waals surface area contributed by atoms with Gasteiger partial charge in [0, 0.05) is 12.8 Å². The zero-order valence-electron chi connectivity index (χ0n) is 29.7. The molecule has 0 radical (unpaired) electrons. The normalized spacial score (nSPS) is 14.6. The summed E-state index contributed by atoms with van der Waals surface area (Å²) in [6.45, 7) is 14.1. The van der Waals surface area contributed by atoms with Crippen LogP contribution in [0.15, 0.2) is 18.2 Å². The molecule has 5 amide bonds. The number of hydrogen-bond donors (Lipinski definition) is 6. The van der Waals surface area contributed by atoms with E-state index in [9.17, 15) is 24.0 Å². The first-order valence-electron chi connectivity index (χ1n) is 17.3. The van der Waals surface area contributed by atoms with Gasteiger partial charge in [0.05, 0.1) is 15.2 Å². The summed E-state index contributed by atoms with van der Waals surface area (Å²) in [6, 6.07) is 2.29. The molecule has 2 rings (SSSR count). The Morgan fingerprint density at radius 3 is 2.10 bits per heavy atom. The van der Waals surface area contributed by atoms with Crippen molar-refractivity contribution in [3.63, 3.8) is 0 Å². The molecule has 2 aromatic rings. The average Bonchev–Trinajstić information content (AvgIpc) is 3.43. The van der Waals surface area contributed by atoms with Crippen LogP contribution < -0.4 is 32.7 Å². The van der Waals surface area contributed by atoms with Crippen LogP contribution in [0.2, 0.25) is 0 Å². The van der Waals surface area contributed by atoms with Crippen molar-refractivity contribution in [3.8, 4) is 0 Å². The first-order chi connectivity index (χ1) is 22.7. The second-order valence-electron chi connectivity index (χ2n) is 13.4. The molecule has 0 saturated heterocycles. The highest BCUT2D eigenvalue weighted by atomic mass is 32.1. The molecule has 0 fully saturated rings. The average molecular weight is 688 g/mol. The van der Waals surface area contributed by atoms with Crippen LogP contribution in [0.5, 0.6) is 0 Å². The fraction of sp³-hybridized carbons (Fsp3) is 0.657. The van der Waals surface area contributed by atoms with Gasteiger partial charge in [0.15, 0.2) is 0 Å². The lowest BCUT2D eigenvalue weighted by molar-refractivity contribution is -0.135. The van der Waals surface area contributed by atoms with Gasteiger partial charge in [0.2, 0.25) is 29.5 Å². The Morgan fingerprint density at radius 1 is 0.854 bits per heavy atom. The van der Waals surface area contributed by atoms with Crippen LogP contribution in [0.1, 0.15) is 110 Å². The Hall–Kier alpha value is -3.58. The molecule has 13 heteroatoms. The molecule has 1 aromatic heterocycles. The Morgan fingerprint density at radius 2 is 1.52 bits per heavy atom. The molecule has 1 heterocycles. The number of amides is 5. The molecule has 0 unspecified atom stereocenters. The van der Waals surface area contributed by atoms with Gasteiger partial charge >= 0.3 is 0 Å². The summed E-state index contributed by atoms with van der Waals surface area (Å²) in [4.78, 5) is 70.6. The van der Waals surface area contributed by atoms with Gasteiger partial charge in [-0.15, -0.1) is 11.3 Å². The lowest BCUT2D eigenvalue weighted by Gasteiger charge is -2.29. The third-order valence-corrected chi connectivity index (χ3v) is 9.41. The monoisotopic (exact) mass is 687 g/mol. The Bertz CT molecular complexity index is 1380. The molecule has 8 N–H and O–H groups in total. The summed E-state index contributed by atoms with van der Waals surface area (Å²) in [6.07, 6.45) is 3.42. The van der Waals surface area contributed by atoms with E-state index in [1.54, 1.807) is 0 Å². The molecule has 268 valence electrons. The van der Waals surface area contributed by atoms with Crippen LogP contribution in [-0.4, -0.2) is 65.2 Å². The molecule has 5 atom stereocenters. The summed E-state index contributed by atoms with van der Waals surface area (Å²) in [5, 5.41) is 11.9. The lowest BCUT2D eigenvalue weighted by Crippen LogP contribution is -2.59. The van der Waals surface area contributed by atoms with Gasteiger partial charge in [-0.2, -0.15) is 0 Å². The van der Waals surface area contributed by atoms with Gasteiger partial charge in [-0.3, -0.25) is 24.0 Å². The molecule has 1 aromatic carbocycles. The van der Waals surface area contributed by atoms with Crippen LogP contribution in [-0.2, 0) is 30.4 Å². The van der Waals surface area contributed by atoms with E-state index in [0.29, 0.717) is 49.6 Å². The number of carbonyl (C=O) groups is 5. The first-order valence-corrected chi connectivity index (χ1v) is 18.1. The quantitative estimate of drug-likeness (QED) is 0.108. The SMILES string of the molecule is CCCC(=O)N[C@@H](Cc1nc2ccc(C(C)C)cc2s1)C(=O)N[C@H](C(=O)N[C@@H](CCCCN)C(=O)N[C@@H](CC(C)C)C(N)=O)[C@@H](C)CC. The van der Waals surface area contributed by atoms with Gasteiger partial charge < -0.3 is 32.7 Å². The fourth-order valence-corrected chi connectivity index (χ4v) is 6.34. The highest BCUT2D eigenvalue weighted by Gasteiger charge is 2.33. The number of aromatic nitrogens is 1. The number of hydrogen-bond acceptors (Lipinski definition) is 8. The summed E-state index contributed by atoms with van der Waals surface area (Å²) in [5.41, 5.74) is 13.2. The highest BCUT2D eigenvalue weighted by Crippen LogP contribution is 2.27. The smallest absolute Gasteiger partial charge is 0.243 e. The van der Waals surface area contributed by atoms with Crippen LogP contribution >= 0.6 is 11.3 Å². The first kappa shape index (κ1) is 40.6. The van der Waals surface area contributed by atoms with E-state index in [1.807, 2.05) is 46.8 Å². The number of nitrogens with zero attached hydrogens (tertiary/aromatic N) is 1. The second-order valence-corrected chi connectivity index (χ2v) is 14.5. The third-order valence-electron chi connectivity index (χ3n) is 8.37. The summed E-state index contributed by atoms with van der Waals surface area (Å²) in [7, 11) is 0. The fourth-order valence-electron chi connectivity index (χ4n) is 5.28. The number of thiazole rings is 1. The molecule has 0 aliphatic rings. The Balaban J connectivity index is 2.32. The van der Waals surface area contributed by atoms with E-state index in [1.165, 1.54) is 16.9 Å². The lowest BCUT2D eigenvalue weighted by atomic mass is 9.96. The van der Waals surface area contributed by atoms with E-state index >= 15 is 0 Å². The minimum atomic E-state index is -0.996. The van der Waals surface area contributed by atoms with Crippen molar-refractivity contribution in [2.45, 2.75) is 130 Å². The van der Waals surface area contributed by atoms with Crippen LogP contribution in [0.3, 0.4) is 0 Å². The van der Waals surface area contributed by atoms with E-state index in [0.717, 1.165) is 10.2 Å². The van der Waals surface area contributed by atoms with Crippen molar-refractivity contribution in [1.29, 1.82) is 0 Å². The Labute approximate surface area is 289 Å². The summed E-state index contributed by atoms with van der Waals surface area (Å²) < 4.78 is 0.998. The van der Waals surface area contributed by atoms with E-state index < -0.39 is 47.8 Å². The van der Waals surface area contributed by atoms with E-state index in [-0.39, 0.29) is 37.0 Å². The number of fused-ring (bicyclic) bond motifs is 1. The van der Waals surface area contributed by atoms with E-state index in [2.05, 4.69) is 41.2 Å². The predicted molar refractivity (Wildman–Crippen MR) is 191 cm³/mol. The number of nitrogens with two attached hydrogens (primary N) is 2. The number of unbranched alkanes of at least 4 members (excludes halogenated alkanes) is 1. The molecular weight excluding hydrogens is 630 g/mol. The standard InChI is InChI=1S/C35H57N7O5S/c1-8-12-29(43)38-27(19-30-39-24-15-14-23(21(5)6)18-28(24)48-30)34(46)42-31(22(7)9-2)35(47)40-25(13-10-11-16-36)33(45)41-26(32(37)44)17-20(3)4/h14-15,18,20-22,25-27,31H,8-13,16-17,19,36H2,1-7H3,(H2,37,44)(H,38,43)(H,40,47)(H,41,45)(H,42,46)/t22-,25-,26-,27-,31-/m0/s1. The number of nitrogens with one attached hydrogen (secondary N) is 4. The maximum absolute atomic E-state index is 13.9. The highest BCUT2D eigenvalue weighted by molar-refractivity contribution is 7.18. The number of primary amides is 1. The second kappa shape index (κ2) is 20.1. The minimum absolute atomic E-state index is 0.101. The molecule has 0 aliphatic carbocycles. The number of rotatable bonds is 21. The van der Waals surface area contributed by atoms with Gasteiger partial charge in [-0.1, -0.05) is 61.0 Å². The van der Waals surface area contributed by atoms with Crippen LogP contribution in [0.4, 0.5) is 0 Å². The molecule has 0 bridgehead atoms. The van der Waals surface area contributed by atoms with Crippen molar-refractivity contribution >= 4 is 51.1 Å². The molecule has 0 aliphatic heterocycles. The van der Waals surface area contributed by atoms with Gasteiger partial charge in [0.1, 0.15) is 24.2 Å². The molecule has 12 nitrogen and oxygen atoms in total. The number of carbonyl (C=O) groups excluding carboxylic acids is 5. The zero-order valence-corrected chi connectivity index (χ0v) is 30.5. The molecule has 0 saturated carbocycles. The molecule has 48 heavy (non-hydrogen) atoms. The van der Waals surface area contributed by atoms with Gasteiger partial charge in [-0.05, 0) is 74.1 Å². The van der Waals surface area contributed by atoms with Crippen LogP contribution in [0.25, 0.3) is 10.2 Å². The maximum Gasteiger partial charge on any atom is 0.243 e. The third kappa shape index (κ3) is 12.8. The molecular formula is C35H57N7O5S. The van der Waals surface area contributed by atoms with Crippen molar-refractivity contribution in [1.82, 2.24) is 26.3 Å². The van der Waals surface area contributed by atoms with Crippen LogP contribution in [0, 0.1) is 11.8 Å². The number of benzene rings is 1. The van der Waals surface area contributed by atoms with Gasteiger partial charge in [-0.25, -0.2) is 4.98 Å². The predicted octanol–water partition coefficient (Wildman–Crippen LogP) is 3.41. The van der Waals surface area contributed by atoms with Crippen molar-refractivity contribution < 1.29 is 24.0 Å². The summed E-state index contributed by atoms with van der Waals surface area (Å²) >= 11 is 1.47. The largest absolute Gasteiger partial charge is 0.368 e. The Kier molecular flexibility index (Phi) is 17.0. The molecule has 0 spiro atoms. The van der Waals surface area contributed by atoms with Gasteiger partial charge in [0.25, 0.3) is 0 Å². The zero-order chi connectivity index (χ0) is 36.0. The van der Waals surface area contributed by atoms with E-state index in [4.69, 9.17) is 16.5 Å². The maximum atomic E-state index is 13.9. The van der Waals surface area contributed by atoms with Crippen molar-refractivity contribution in [3.05, 3.63) is 28.8 Å². The summed E-state index contributed by atoms with van der Waals surface area (Å²) in [5.74, 6) is -2.35. The van der Waals surface area contributed by atoms with Crippen molar-refractivity contribution in [2.24, 2.45) is 23.3 Å². The van der Waals surface area contributed by atoms with Crippen molar-refractivity contribution in [2.75, 3.05) is 6.54 Å². The topological polar surface area (TPSA) is 198 Å². The minimum Gasteiger partial charge on any atom is -0.368 e.